The van der Waals surface area contributed by atoms with Gasteiger partial charge in [-0.25, -0.2) is 0 Å². The predicted molar refractivity (Wildman–Crippen MR) is 95.7 cm³/mol. The van der Waals surface area contributed by atoms with E-state index in [0.29, 0.717) is 12.2 Å². The van der Waals surface area contributed by atoms with Crippen LogP contribution in [0.5, 0.6) is 11.5 Å². The van der Waals surface area contributed by atoms with E-state index in [1.165, 1.54) is 12.1 Å². The number of amides is 1. The number of anilines is 1. The Kier molecular flexibility index (Phi) is 6.68. The molecule has 2 aromatic carbocycles. The molecule has 0 saturated carbocycles. The Morgan fingerprint density at radius 1 is 1.07 bits per heavy atom. The molecule has 8 heteroatoms. The van der Waals surface area contributed by atoms with Crippen molar-refractivity contribution in [2.45, 2.75) is 25.9 Å². The Labute approximate surface area is 155 Å². The zero-order chi connectivity index (χ0) is 20.0. The van der Waals surface area contributed by atoms with Crippen LogP contribution >= 0.6 is 0 Å². The third kappa shape index (κ3) is 6.49. The van der Waals surface area contributed by atoms with Gasteiger partial charge in [-0.2, -0.15) is 0 Å². The second kappa shape index (κ2) is 8.77. The van der Waals surface area contributed by atoms with E-state index >= 15 is 0 Å². The average Bonchev–Trinajstić information content (AvgIpc) is 2.62. The standard InChI is InChI=1S/C19H21F3N2O3/c1-13(24(2)12-14-4-8-16(26-3)9-5-14)18(25)23-15-6-10-17(11-7-15)27-19(20,21)22/h4-11,13H,12H2,1-3H3,(H,23,25)/t13-/m1/s1. The molecule has 0 bridgehead atoms. The number of benzene rings is 2. The van der Waals surface area contributed by atoms with Crippen LogP contribution in [0.3, 0.4) is 0 Å². The number of alkyl halides is 3. The molecular weight excluding hydrogens is 361 g/mol. The van der Waals surface area contributed by atoms with Gasteiger partial charge in [-0.3, -0.25) is 9.69 Å². The van der Waals surface area contributed by atoms with Gasteiger partial charge in [0, 0.05) is 12.2 Å². The second-order valence-electron chi connectivity index (χ2n) is 6.00. The highest BCUT2D eigenvalue weighted by molar-refractivity contribution is 5.94. The molecule has 0 unspecified atom stereocenters. The smallest absolute Gasteiger partial charge is 0.497 e. The lowest BCUT2D eigenvalue weighted by Crippen LogP contribution is -2.39. The zero-order valence-electron chi connectivity index (χ0n) is 15.2. The topological polar surface area (TPSA) is 50.8 Å². The minimum Gasteiger partial charge on any atom is -0.497 e. The Bertz CT molecular complexity index is 746. The number of nitrogens with zero attached hydrogens (tertiary/aromatic N) is 1. The number of hydrogen-bond donors (Lipinski definition) is 1. The Hall–Kier alpha value is -2.74. The SMILES string of the molecule is COc1ccc(CN(C)[C@H](C)C(=O)Nc2ccc(OC(F)(F)F)cc2)cc1. The van der Waals surface area contributed by atoms with Gasteiger partial charge in [-0.1, -0.05) is 12.1 Å². The number of hydrogen-bond acceptors (Lipinski definition) is 4. The normalized spacial score (nSPS) is 12.6. The van der Waals surface area contributed by atoms with Gasteiger partial charge >= 0.3 is 6.36 Å². The number of methoxy groups -OCH3 is 1. The molecule has 5 nitrogen and oxygen atoms in total. The van der Waals surface area contributed by atoms with E-state index in [0.717, 1.165) is 23.4 Å². The lowest BCUT2D eigenvalue weighted by molar-refractivity contribution is -0.274. The van der Waals surface area contributed by atoms with Crippen LogP contribution in [0.1, 0.15) is 12.5 Å². The molecule has 1 N–H and O–H groups in total. The van der Waals surface area contributed by atoms with Crippen LogP contribution in [-0.4, -0.2) is 37.4 Å². The molecule has 0 aliphatic rings. The van der Waals surface area contributed by atoms with Gasteiger partial charge in [-0.15, -0.1) is 13.2 Å². The van der Waals surface area contributed by atoms with E-state index < -0.39 is 12.4 Å². The maximum absolute atomic E-state index is 12.4. The first-order valence-electron chi connectivity index (χ1n) is 8.18. The van der Waals surface area contributed by atoms with Gasteiger partial charge in [0.1, 0.15) is 11.5 Å². The molecule has 0 aliphatic carbocycles. The maximum atomic E-state index is 12.4. The number of halogens is 3. The Morgan fingerprint density at radius 2 is 1.63 bits per heavy atom. The molecule has 146 valence electrons. The van der Waals surface area contributed by atoms with Crippen molar-refractivity contribution in [3.05, 3.63) is 54.1 Å². The van der Waals surface area contributed by atoms with Crippen molar-refractivity contribution in [3.8, 4) is 11.5 Å². The molecule has 0 spiro atoms. The van der Waals surface area contributed by atoms with Crippen molar-refractivity contribution >= 4 is 11.6 Å². The summed E-state index contributed by atoms with van der Waals surface area (Å²) in [6, 6.07) is 12.1. The van der Waals surface area contributed by atoms with Crippen molar-refractivity contribution in [2.75, 3.05) is 19.5 Å². The van der Waals surface area contributed by atoms with Crippen molar-refractivity contribution in [1.29, 1.82) is 0 Å². The van der Waals surface area contributed by atoms with Crippen LogP contribution in [0.25, 0.3) is 0 Å². The predicted octanol–water partition coefficient (Wildman–Crippen LogP) is 4.05. The fourth-order valence-corrected chi connectivity index (χ4v) is 2.34. The fraction of sp³-hybridized carbons (Fsp3) is 0.316. The van der Waals surface area contributed by atoms with Crippen LogP contribution in [0.4, 0.5) is 18.9 Å². The van der Waals surface area contributed by atoms with Crippen molar-refractivity contribution in [3.63, 3.8) is 0 Å². The van der Waals surface area contributed by atoms with Crippen LogP contribution in [0, 0.1) is 0 Å². The molecule has 0 aliphatic heterocycles. The summed E-state index contributed by atoms with van der Waals surface area (Å²) in [5.41, 5.74) is 1.41. The molecule has 0 aromatic heterocycles. The zero-order valence-corrected chi connectivity index (χ0v) is 15.2. The number of carbonyl (C=O) groups is 1. The van der Waals surface area contributed by atoms with Crippen LogP contribution < -0.4 is 14.8 Å². The largest absolute Gasteiger partial charge is 0.573 e. The molecular formula is C19H21F3N2O3. The monoisotopic (exact) mass is 382 g/mol. The summed E-state index contributed by atoms with van der Waals surface area (Å²) >= 11 is 0. The summed E-state index contributed by atoms with van der Waals surface area (Å²) in [6.07, 6.45) is -4.75. The van der Waals surface area contributed by atoms with E-state index in [1.54, 1.807) is 14.0 Å². The maximum Gasteiger partial charge on any atom is 0.573 e. The van der Waals surface area contributed by atoms with Crippen molar-refractivity contribution < 1.29 is 27.4 Å². The average molecular weight is 382 g/mol. The number of carbonyl (C=O) groups excluding carboxylic acids is 1. The first-order valence-corrected chi connectivity index (χ1v) is 8.18. The Balaban J connectivity index is 1.91. The highest BCUT2D eigenvalue weighted by Gasteiger charge is 2.31. The van der Waals surface area contributed by atoms with E-state index in [2.05, 4.69) is 10.1 Å². The van der Waals surface area contributed by atoms with Gasteiger partial charge in [-0.05, 0) is 55.9 Å². The number of nitrogens with one attached hydrogen (secondary N) is 1. The first kappa shape index (κ1) is 20.6. The summed E-state index contributed by atoms with van der Waals surface area (Å²) in [5, 5.41) is 2.68. The summed E-state index contributed by atoms with van der Waals surface area (Å²) in [5.74, 6) is 0.144. The lowest BCUT2D eigenvalue weighted by Gasteiger charge is -2.24. The molecule has 0 heterocycles. The van der Waals surface area contributed by atoms with Gasteiger partial charge in [0.25, 0.3) is 0 Å². The third-order valence-corrected chi connectivity index (χ3v) is 3.99. The third-order valence-electron chi connectivity index (χ3n) is 3.99. The Morgan fingerprint density at radius 3 is 2.15 bits per heavy atom. The van der Waals surface area contributed by atoms with E-state index in [1.807, 2.05) is 36.2 Å². The molecule has 1 atom stereocenters. The minimum absolute atomic E-state index is 0.268. The molecule has 0 fully saturated rings. The molecule has 1 amide bonds. The highest BCUT2D eigenvalue weighted by atomic mass is 19.4. The fourth-order valence-electron chi connectivity index (χ4n) is 2.34. The molecule has 27 heavy (non-hydrogen) atoms. The number of rotatable bonds is 7. The van der Waals surface area contributed by atoms with Crippen molar-refractivity contribution in [2.24, 2.45) is 0 Å². The summed E-state index contributed by atoms with van der Waals surface area (Å²) in [4.78, 5) is 14.2. The summed E-state index contributed by atoms with van der Waals surface area (Å²) < 4.78 is 45.4. The van der Waals surface area contributed by atoms with Gasteiger partial charge in [0.2, 0.25) is 5.91 Å². The van der Waals surface area contributed by atoms with Crippen LogP contribution in [0.2, 0.25) is 0 Å². The number of likely N-dealkylation sites (N-methyl/N-ethyl adjacent to an activating group) is 1. The first-order chi connectivity index (χ1) is 12.7. The van der Waals surface area contributed by atoms with Crippen molar-refractivity contribution in [1.82, 2.24) is 4.90 Å². The minimum atomic E-state index is -4.75. The van der Waals surface area contributed by atoms with Gasteiger partial charge in [0.15, 0.2) is 0 Å². The van der Waals surface area contributed by atoms with Crippen LogP contribution in [0.15, 0.2) is 48.5 Å². The van der Waals surface area contributed by atoms with E-state index in [9.17, 15) is 18.0 Å². The number of ether oxygens (including phenoxy) is 2. The highest BCUT2D eigenvalue weighted by Crippen LogP contribution is 2.24. The molecule has 2 aromatic rings. The summed E-state index contributed by atoms with van der Waals surface area (Å²) in [6.45, 7) is 2.30. The van der Waals surface area contributed by atoms with Crippen LogP contribution in [-0.2, 0) is 11.3 Å². The van der Waals surface area contributed by atoms with E-state index in [-0.39, 0.29) is 11.7 Å². The van der Waals surface area contributed by atoms with Gasteiger partial charge < -0.3 is 14.8 Å². The molecule has 0 saturated heterocycles. The molecule has 2 rings (SSSR count). The second-order valence-corrected chi connectivity index (χ2v) is 6.00. The quantitative estimate of drug-likeness (QED) is 0.785. The van der Waals surface area contributed by atoms with E-state index in [4.69, 9.17) is 4.74 Å². The van der Waals surface area contributed by atoms with Gasteiger partial charge in [0.05, 0.1) is 13.2 Å². The lowest BCUT2D eigenvalue weighted by atomic mass is 10.1. The summed E-state index contributed by atoms with van der Waals surface area (Å²) in [7, 11) is 3.41. The molecule has 0 radical (unpaired) electrons.